The van der Waals surface area contributed by atoms with Gasteiger partial charge < -0.3 is 24.0 Å². The number of rotatable bonds is 5. The van der Waals surface area contributed by atoms with Crippen molar-refractivity contribution in [1.29, 1.82) is 0 Å². The van der Waals surface area contributed by atoms with Crippen LogP contribution >= 0.6 is 0 Å². The van der Waals surface area contributed by atoms with Crippen molar-refractivity contribution in [1.82, 2.24) is 4.90 Å². The summed E-state index contributed by atoms with van der Waals surface area (Å²) in [5, 5.41) is 0. The second kappa shape index (κ2) is 8.54. The summed E-state index contributed by atoms with van der Waals surface area (Å²) in [6.07, 6.45) is 0. The molecule has 3 aliphatic rings. The molecule has 0 aliphatic carbocycles. The Bertz CT molecular complexity index is 1390. The molecule has 0 bridgehead atoms. The standard InChI is InChI=1S/C30H30N2O5/c1-18(2)32(19(3)4)28(33)21-11-9-20(10-12-21)15-31-24-8-6-5-7-22(24)30(29(31)34)16-35-25-14-27-26(13-23(25)30)36-17-37-27/h5-14,18-19H,15-17H2,1-4H3. The third-order valence-electron chi connectivity index (χ3n) is 7.53. The normalized spacial score (nSPS) is 19.0. The van der Waals surface area contributed by atoms with E-state index in [2.05, 4.69) is 0 Å². The summed E-state index contributed by atoms with van der Waals surface area (Å²) in [4.78, 5) is 31.0. The molecule has 7 nitrogen and oxygen atoms in total. The average molecular weight is 499 g/mol. The highest BCUT2D eigenvalue weighted by Crippen LogP contribution is 2.55. The molecule has 1 atom stereocenters. The summed E-state index contributed by atoms with van der Waals surface area (Å²) >= 11 is 0. The predicted octanol–water partition coefficient (Wildman–Crippen LogP) is 4.90. The van der Waals surface area contributed by atoms with E-state index < -0.39 is 5.41 Å². The van der Waals surface area contributed by atoms with Crippen LogP contribution in [-0.2, 0) is 16.8 Å². The minimum atomic E-state index is -0.933. The van der Waals surface area contributed by atoms with Gasteiger partial charge in [-0.2, -0.15) is 0 Å². The molecule has 3 heterocycles. The van der Waals surface area contributed by atoms with Gasteiger partial charge in [-0.1, -0.05) is 30.3 Å². The summed E-state index contributed by atoms with van der Waals surface area (Å²) in [5.74, 6) is 1.89. The van der Waals surface area contributed by atoms with Crippen molar-refractivity contribution in [2.75, 3.05) is 18.3 Å². The molecule has 0 saturated carbocycles. The first kappa shape index (κ1) is 23.4. The maximum absolute atomic E-state index is 14.2. The van der Waals surface area contributed by atoms with Crippen LogP contribution in [0.2, 0.25) is 0 Å². The molecule has 0 radical (unpaired) electrons. The minimum Gasteiger partial charge on any atom is -0.491 e. The van der Waals surface area contributed by atoms with Crippen LogP contribution in [-0.4, -0.2) is 42.2 Å². The Morgan fingerprint density at radius 2 is 1.57 bits per heavy atom. The fraction of sp³-hybridized carbons (Fsp3) is 0.333. The second-order valence-electron chi connectivity index (χ2n) is 10.4. The fourth-order valence-corrected chi connectivity index (χ4v) is 5.87. The lowest BCUT2D eigenvalue weighted by atomic mass is 9.77. The summed E-state index contributed by atoms with van der Waals surface area (Å²) in [5.41, 5.74) is 3.26. The number of fused-ring (bicyclic) bond motifs is 5. The molecule has 2 amide bonds. The molecule has 190 valence electrons. The number of carbonyl (C=O) groups is 2. The van der Waals surface area contributed by atoms with Gasteiger partial charge in [0.2, 0.25) is 12.7 Å². The average Bonchev–Trinajstić information content (AvgIpc) is 3.55. The Kier molecular flexibility index (Phi) is 5.40. The Hall–Kier alpha value is -4.00. The van der Waals surface area contributed by atoms with E-state index in [4.69, 9.17) is 14.2 Å². The van der Waals surface area contributed by atoms with Gasteiger partial charge in [-0.05, 0) is 63.1 Å². The van der Waals surface area contributed by atoms with Crippen molar-refractivity contribution in [2.24, 2.45) is 0 Å². The first-order chi connectivity index (χ1) is 17.8. The molecular weight excluding hydrogens is 468 g/mol. The zero-order chi connectivity index (χ0) is 25.9. The van der Waals surface area contributed by atoms with Gasteiger partial charge in [0.15, 0.2) is 11.5 Å². The van der Waals surface area contributed by atoms with Gasteiger partial charge in [-0.25, -0.2) is 0 Å². The van der Waals surface area contributed by atoms with Gasteiger partial charge in [0.25, 0.3) is 5.91 Å². The van der Waals surface area contributed by atoms with E-state index in [9.17, 15) is 9.59 Å². The fourth-order valence-electron chi connectivity index (χ4n) is 5.87. The van der Waals surface area contributed by atoms with E-state index >= 15 is 0 Å². The SMILES string of the molecule is CC(C)N(C(=O)c1ccc(CN2C(=O)C3(COc4cc5c(cc43)OCO5)c3ccccc32)cc1)C(C)C. The zero-order valence-electron chi connectivity index (χ0n) is 21.5. The number of hydrogen-bond donors (Lipinski definition) is 0. The molecule has 0 N–H and O–H groups in total. The van der Waals surface area contributed by atoms with Crippen molar-refractivity contribution < 1.29 is 23.8 Å². The number of hydrogen-bond acceptors (Lipinski definition) is 5. The van der Waals surface area contributed by atoms with E-state index in [1.165, 1.54) is 0 Å². The van der Waals surface area contributed by atoms with E-state index in [0.717, 1.165) is 22.4 Å². The Morgan fingerprint density at radius 1 is 0.892 bits per heavy atom. The van der Waals surface area contributed by atoms with Gasteiger partial charge in [0, 0.05) is 35.0 Å². The van der Waals surface area contributed by atoms with Gasteiger partial charge in [0.1, 0.15) is 17.8 Å². The lowest BCUT2D eigenvalue weighted by molar-refractivity contribution is -0.122. The number of nitrogens with zero attached hydrogens (tertiary/aromatic N) is 2. The number of carbonyl (C=O) groups excluding carboxylic acids is 2. The van der Waals surface area contributed by atoms with Crippen molar-refractivity contribution in [3.63, 3.8) is 0 Å². The molecule has 37 heavy (non-hydrogen) atoms. The maximum Gasteiger partial charge on any atom is 0.254 e. The lowest BCUT2D eigenvalue weighted by Gasteiger charge is -2.31. The van der Waals surface area contributed by atoms with Crippen LogP contribution in [0.5, 0.6) is 17.2 Å². The van der Waals surface area contributed by atoms with Crippen molar-refractivity contribution in [3.05, 3.63) is 82.9 Å². The molecule has 3 aromatic rings. The van der Waals surface area contributed by atoms with Crippen molar-refractivity contribution in [2.45, 2.75) is 51.7 Å². The van der Waals surface area contributed by atoms with Crippen molar-refractivity contribution >= 4 is 17.5 Å². The minimum absolute atomic E-state index is 0.0107. The van der Waals surface area contributed by atoms with Crippen LogP contribution < -0.4 is 19.1 Å². The van der Waals surface area contributed by atoms with E-state index in [1.807, 2.05) is 98.2 Å². The molecule has 0 fully saturated rings. The van der Waals surface area contributed by atoms with Gasteiger partial charge in [-0.15, -0.1) is 0 Å². The largest absolute Gasteiger partial charge is 0.491 e. The van der Waals surface area contributed by atoms with E-state index in [1.54, 1.807) is 0 Å². The lowest BCUT2D eigenvalue weighted by Crippen LogP contribution is -2.42. The zero-order valence-corrected chi connectivity index (χ0v) is 21.5. The number of benzene rings is 3. The molecule has 0 aromatic heterocycles. The Labute approximate surface area is 216 Å². The van der Waals surface area contributed by atoms with Crippen LogP contribution in [0.15, 0.2) is 60.7 Å². The number of amides is 2. The van der Waals surface area contributed by atoms with Gasteiger partial charge in [0.05, 0.1) is 6.54 Å². The van der Waals surface area contributed by atoms with E-state index in [0.29, 0.717) is 29.4 Å². The predicted molar refractivity (Wildman–Crippen MR) is 139 cm³/mol. The number of para-hydroxylation sites is 1. The third kappa shape index (κ3) is 3.48. The molecule has 3 aromatic carbocycles. The molecule has 1 spiro atoms. The summed E-state index contributed by atoms with van der Waals surface area (Å²) < 4.78 is 17.2. The molecule has 7 heteroatoms. The van der Waals surface area contributed by atoms with E-state index in [-0.39, 0.29) is 37.3 Å². The molecule has 3 aliphatic heterocycles. The molecule has 6 rings (SSSR count). The third-order valence-corrected chi connectivity index (χ3v) is 7.53. The van der Waals surface area contributed by atoms with Crippen LogP contribution in [0.25, 0.3) is 0 Å². The first-order valence-electron chi connectivity index (χ1n) is 12.7. The van der Waals surface area contributed by atoms with Crippen molar-refractivity contribution in [3.8, 4) is 17.2 Å². The highest BCUT2D eigenvalue weighted by atomic mass is 16.7. The highest BCUT2D eigenvalue weighted by molar-refractivity contribution is 6.11. The quantitative estimate of drug-likeness (QED) is 0.501. The van der Waals surface area contributed by atoms with Crippen LogP contribution in [0, 0.1) is 0 Å². The monoisotopic (exact) mass is 498 g/mol. The van der Waals surface area contributed by atoms with Gasteiger partial charge in [-0.3, -0.25) is 9.59 Å². The highest BCUT2D eigenvalue weighted by Gasteiger charge is 2.57. The Balaban J connectivity index is 1.32. The number of anilines is 1. The maximum atomic E-state index is 14.2. The smallest absolute Gasteiger partial charge is 0.254 e. The first-order valence-corrected chi connectivity index (χ1v) is 12.7. The summed E-state index contributed by atoms with van der Waals surface area (Å²) in [6, 6.07) is 19.4. The molecular formula is C30H30N2O5. The van der Waals surface area contributed by atoms with Gasteiger partial charge >= 0.3 is 0 Å². The van der Waals surface area contributed by atoms with Crippen LogP contribution in [0.1, 0.15) is 54.7 Å². The summed E-state index contributed by atoms with van der Waals surface area (Å²) in [7, 11) is 0. The summed E-state index contributed by atoms with van der Waals surface area (Å²) in [6.45, 7) is 8.88. The topological polar surface area (TPSA) is 68.3 Å². The Morgan fingerprint density at radius 3 is 2.27 bits per heavy atom. The van der Waals surface area contributed by atoms with Crippen LogP contribution in [0.3, 0.4) is 0 Å². The molecule has 0 saturated heterocycles. The second-order valence-corrected chi connectivity index (χ2v) is 10.4. The number of ether oxygens (including phenoxy) is 3. The molecule has 1 unspecified atom stereocenters. The van der Waals surface area contributed by atoms with Crippen LogP contribution in [0.4, 0.5) is 5.69 Å².